The summed E-state index contributed by atoms with van der Waals surface area (Å²) in [6, 6.07) is 8.19. The summed E-state index contributed by atoms with van der Waals surface area (Å²) in [5.74, 6) is 0.904. The van der Waals surface area contributed by atoms with Gasteiger partial charge in [0.25, 0.3) is 0 Å². The van der Waals surface area contributed by atoms with Crippen LogP contribution in [0.3, 0.4) is 0 Å². The summed E-state index contributed by atoms with van der Waals surface area (Å²) < 4.78 is 30.7. The Morgan fingerprint density at radius 1 is 1.15 bits per heavy atom. The van der Waals surface area contributed by atoms with E-state index in [1.807, 2.05) is 24.2 Å². The van der Waals surface area contributed by atoms with E-state index in [9.17, 15) is 13.6 Å². The molecule has 4 aromatic rings. The van der Waals surface area contributed by atoms with E-state index in [0.29, 0.717) is 26.2 Å². The number of ether oxygens (including phenoxy) is 1. The fourth-order valence-electron chi connectivity index (χ4n) is 4.14. The molecule has 0 bridgehead atoms. The Morgan fingerprint density at radius 3 is 2.59 bits per heavy atom. The maximum Gasteiger partial charge on any atom is 0.387 e. The van der Waals surface area contributed by atoms with Gasteiger partial charge in [0.1, 0.15) is 23.5 Å². The van der Waals surface area contributed by atoms with Gasteiger partial charge >= 0.3 is 6.61 Å². The molecule has 1 aliphatic rings. The van der Waals surface area contributed by atoms with Crippen molar-refractivity contribution in [1.82, 2.24) is 29.6 Å². The van der Waals surface area contributed by atoms with Gasteiger partial charge in [0.2, 0.25) is 5.91 Å². The molecule has 0 radical (unpaired) electrons. The van der Waals surface area contributed by atoms with Gasteiger partial charge in [0.15, 0.2) is 0 Å². The number of aromatic amines is 1. The molecule has 0 unspecified atom stereocenters. The number of rotatable bonds is 6. The number of H-pyrrole nitrogens is 1. The van der Waals surface area contributed by atoms with Crippen molar-refractivity contribution >= 4 is 22.8 Å². The number of nitrogens with one attached hydrogen (secondary N) is 1. The monoisotopic (exact) mass is 467 g/mol. The second kappa shape index (κ2) is 9.08. The van der Waals surface area contributed by atoms with Crippen LogP contribution in [-0.4, -0.2) is 68.3 Å². The molecule has 5 rings (SSSR count). The highest BCUT2D eigenvalue weighted by Crippen LogP contribution is 2.29. The number of carbonyl (C=O) groups excluding carboxylic acids is 1. The van der Waals surface area contributed by atoms with Crippen LogP contribution in [0.2, 0.25) is 0 Å². The van der Waals surface area contributed by atoms with Crippen LogP contribution in [0.5, 0.6) is 5.75 Å². The molecule has 1 amide bonds. The summed E-state index contributed by atoms with van der Waals surface area (Å²) >= 11 is 0. The van der Waals surface area contributed by atoms with Gasteiger partial charge in [0, 0.05) is 45.0 Å². The largest absolute Gasteiger partial charge is 0.435 e. The molecule has 9 nitrogen and oxygen atoms in total. The molecular weight excluding hydrogens is 444 g/mol. The van der Waals surface area contributed by atoms with Crippen LogP contribution in [0, 0.1) is 0 Å². The van der Waals surface area contributed by atoms with E-state index >= 15 is 0 Å². The fourth-order valence-corrected chi connectivity index (χ4v) is 4.14. The third-order valence-corrected chi connectivity index (χ3v) is 5.86. The number of fused-ring (bicyclic) bond motifs is 1. The number of aromatic nitrogens is 5. The lowest BCUT2D eigenvalue weighted by molar-refractivity contribution is -0.130. The van der Waals surface area contributed by atoms with Crippen molar-refractivity contribution < 1.29 is 18.3 Å². The van der Waals surface area contributed by atoms with Crippen LogP contribution < -0.4 is 9.64 Å². The first-order valence-corrected chi connectivity index (χ1v) is 10.9. The molecule has 1 N–H and O–H groups in total. The quantitative estimate of drug-likeness (QED) is 0.469. The predicted molar refractivity (Wildman–Crippen MR) is 122 cm³/mol. The van der Waals surface area contributed by atoms with Crippen LogP contribution >= 0.6 is 0 Å². The average Bonchev–Trinajstić information content (AvgIpc) is 3.46. The Kier molecular flexibility index (Phi) is 5.83. The summed E-state index contributed by atoms with van der Waals surface area (Å²) in [5.41, 5.74) is 3.39. The number of anilines is 1. The molecule has 1 saturated heterocycles. The number of piperazine rings is 1. The van der Waals surface area contributed by atoms with Gasteiger partial charge in [-0.15, -0.1) is 0 Å². The molecule has 0 saturated carbocycles. The SMILES string of the molecule is Cn1cc(-c2cc3c(N4CCN(C(=O)Cc5ccc(OC(F)F)cc5)CC4)ncnc3[nH]2)cn1. The number of carbonyl (C=O) groups is 1. The Bertz CT molecular complexity index is 1290. The zero-order chi connectivity index (χ0) is 23.7. The van der Waals surface area contributed by atoms with Crippen molar-refractivity contribution in [1.29, 1.82) is 0 Å². The van der Waals surface area contributed by atoms with Crippen molar-refractivity contribution in [3.63, 3.8) is 0 Å². The normalized spacial score (nSPS) is 14.2. The molecule has 0 aliphatic carbocycles. The number of benzene rings is 1. The Labute approximate surface area is 194 Å². The third kappa shape index (κ3) is 4.54. The summed E-state index contributed by atoms with van der Waals surface area (Å²) in [5, 5.41) is 5.15. The number of hydrogen-bond donors (Lipinski definition) is 1. The minimum atomic E-state index is -2.87. The first kappa shape index (κ1) is 21.8. The van der Waals surface area contributed by atoms with E-state index < -0.39 is 6.61 Å². The van der Waals surface area contributed by atoms with Gasteiger partial charge in [-0.25, -0.2) is 9.97 Å². The van der Waals surface area contributed by atoms with E-state index in [2.05, 4.69) is 29.7 Å². The number of alkyl halides is 2. The first-order chi connectivity index (χ1) is 16.5. The molecular formula is C23H23F2N7O2. The Hall–Kier alpha value is -4.02. The second-order valence-electron chi connectivity index (χ2n) is 8.11. The van der Waals surface area contributed by atoms with Crippen molar-refractivity contribution in [3.8, 4) is 17.0 Å². The van der Waals surface area contributed by atoms with Gasteiger partial charge in [-0.2, -0.15) is 13.9 Å². The predicted octanol–water partition coefficient (Wildman–Crippen LogP) is 2.85. The molecule has 1 aliphatic heterocycles. The minimum Gasteiger partial charge on any atom is -0.435 e. The molecule has 1 fully saturated rings. The van der Waals surface area contributed by atoms with Gasteiger partial charge in [-0.3, -0.25) is 9.48 Å². The number of aryl methyl sites for hydroxylation is 1. The highest BCUT2D eigenvalue weighted by Gasteiger charge is 2.24. The highest BCUT2D eigenvalue weighted by molar-refractivity contribution is 5.92. The van der Waals surface area contributed by atoms with E-state index in [0.717, 1.165) is 33.7 Å². The van der Waals surface area contributed by atoms with E-state index in [1.165, 1.54) is 12.1 Å². The Balaban J connectivity index is 1.23. The smallest absolute Gasteiger partial charge is 0.387 e. The molecule has 4 heterocycles. The van der Waals surface area contributed by atoms with E-state index in [4.69, 9.17) is 0 Å². The van der Waals surface area contributed by atoms with E-state index in [-0.39, 0.29) is 18.1 Å². The lowest BCUT2D eigenvalue weighted by Gasteiger charge is -2.35. The third-order valence-electron chi connectivity index (χ3n) is 5.86. The summed E-state index contributed by atoms with van der Waals surface area (Å²) in [6.07, 6.45) is 5.47. The average molecular weight is 467 g/mol. The molecule has 3 aromatic heterocycles. The second-order valence-corrected chi connectivity index (χ2v) is 8.11. The van der Waals surface area contributed by atoms with Crippen molar-refractivity contribution in [2.24, 2.45) is 7.05 Å². The number of nitrogens with zero attached hydrogens (tertiary/aromatic N) is 6. The van der Waals surface area contributed by atoms with Gasteiger partial charge in [-0.05, 0) is 23.8 Å². The molecule has 0 spiro atoms. The van der Waals surface area contributed by atoms with Crippen LogP contribution in [0.25, 0.3) is 22.3 Å². The molecule has 11 heteroatoms. The van der Waals surface area contributed by atoms with E-state index in [1.54, 1.807) is 29.3 Å². The summed E-state index contributed by atoms with van der Waals surface area (Å²) in [7, 11) is 1.87. The number of amides is 1. The van der Waals surface area contributed by atoms with Gasteiger partial charge < -0.3 is 19.5 Å². The topological polar surface area (TPSA) is 92.2 Å². The zero-order valence-corrected chi connectivity index (χ0v) is 18.5. The molecule has 1 aromatic carbocycles. The van der Waals surface area contributed by atoms with Crippen LogP contribution in [0.15, 0.2) is 49.1 Å². The fraction of sp³-hybridized carbons (Fsp3) is 0.304. The molecule has 0 atom stereocenters. The summed E-state index contributed by atoms with van der Waals surface area (Å²) in [6.45, 7) is -0.444. The first-order valence-electron chi connectivity index (χ1n) is 10.9. The number of halogens is 2. The summed E-state index contributed by atoms with van der Waals surface area (Å²) in [4.78, 5) is 28.9. The standard InChI is InChI=1S/C23H23F2N7O2/c1-30-13-16(12-28-30)19-11-18-21(29-19)26-14-27-22(18)32-8-6-31(7-9-32)20(33)10-15-2-4-17(5-3-15)34-23(24)25/h2-5,11-14,23H,6-10H2,1H3,(H,26,27,29). The lowest BCUT2D eigenvalue weighted by atomic mass is 10.1. The van der Waals surface area contributed by atoms with Crippen LogP contribution in [-0.2, 0) is 18.3 Å². The molecule has 34 heavy (non-hydrogen) atoms. The molecule has 176 valence electrons. The van der Waals surface area contributed by atoms with Crippen LogP contribution in [0.4, 0.5) is 14.6 Å². The Morgan fingerprint density at radius 2 is 1.91 bits per heavy atom. The van der Waals surface area contributed by atoms with Crippen molar-refractivity contribution in [2.45, 2.75) is 13.0 Å². The maximum absolute atomic E-state index is 12.8. The lowest BCUT2D eigenvalue weighted by Crippen LogP contribution is -2.49. The minimum absolute atomic E-state index is 0.00415. The van der Waals surface area contributed by atoms with Gasteiger partial charge in [0.05, 0.1) is 23.7 Å². The van der Waals surface area contributed by atoms with Crippen molar-refractivity contribution in [3.05, 3.63) is 54.6 Å². The highest BCUT2D eigenvalue weighted by atomic mass is 19.3. The maximum atomic E-state index is 12.8. The zero-order valence-electron chi connectivity index (χ0n) is 18.5. The van der Waals surface area contributed by atoms with Crippen molar-refractivity contribution in [2.75, 3.05) is 31.1 Å². The van der Waals surface area contributed by atoms with Crippen LogP contribution in [0.1, 0.15) is 5.56 Å². The van der Waals surface area contributed by atoms with Gasteiger partial charge in [-0.1, -0.05) is 12.1 Å². The number of hydrogen-bond acceptors (Lipinski definition) is 6.